The summed E-state index contributed by atoms with van der Waals surface area (Å²) < 4.78 is 5.89. The van der Waals surface area contributed by atoms with Crippen LogP contribution in [0.3, 0.4) is 0 Å². The van der Waals surface area contributed by atoms with Gasteiger partial charge in [-0.1, -0.05) is 72.3 Å². The second kappa shape index (κ2) is 10.6. The molecule has 0 bridgehead atoms. The van der Waals surface area contributed by atoms with Crippen molar-refractivity contribution in [2.75, 3.05) is 18.1 Å². The number of rotatable bonds is 7. The molecule has 37 heavy (non-hydrogen) atoms. The SMILES string of the molecule is Cc1ccc(CNC(=O)c2ccc3c(c2)OCCN3Cc2ccc(-c3ccccc3C(=O)O)cc2)cc1. The van der Waals surface area contributed by atoms with Crippen LogP contribution in [0.25, 0.3) is 11.1 Å². The number of aromatic carboxylic acids is 1. The molecular weight excluding hydrogens is 464 g/mol. The van der Waals surface area contributed by atoms with Gasteiger partial charge < -0.3 is 20.1 Å². The second-order valence-corrected chi connectivity index (χ2v) is 9.17. The number of nitrogens with one attached hydrogen (secondary N) is 1. The molecule has 1 aliphatic heterocycles. The monoisotopic (exact) mass is 492 g/mol. The lowest BCUT2D eigenvalue weighted by molar-refractivity contribution is 0.0697. The molecule has 6 heteroatoms. The number of hydrogen-bond donors (Lipinski definition) is 2. The van der Waals surface area contributed by atoms with Gasteiger partial charge in [-0.3, -0.25) is 4.79 Å². The molecule has 4 aromatic carbocycles. The molecule has 1 heterocycles. The van der Waals surface area contributed by atoms with Crippen molar-refractivity contribution in [2.45, 2.75) is 20.0 Å². The fourth-order valence-electron chi connectivity index (χ4n) is 4.50. The van der Waals surface area contributed by atoms with Gasteiger partial charge in [0.1, 0.15) is 12.4 Å². The Morgan fingerprint density at radius 2 is 1.65 bits per heavy atom. The molecule has 0 spiro atoms. The molecule has 0 aromatic heterocycles. The average Bonchev–Trinajstić information content (AvgIpc) is 2.93. The van der Waals surface area contributed by atoms with E-state index in [1.807, 2.05) is 79.7 Å². The molecule has 0 unspecified atom stereocenters. The topological polar surface area (TPSA) is 78.9 Å². The van der Waals surface area contributed by atoms with Gasteiger partial charge in [-0.25, -0.2) is 4.79 Å². The molecule has 4 aromatic rings. The molecule has 6 nitrogen and oxygen atoms in total. The number of carbonyl (C=O) groups is 2. The summed E-state index contributed by atoms with van der Waals surface area (Å²) in [5.74, 6) is -0.379. The normalized spacial score (nSPS) is 12.4. The van der Waals surface area contributed by atoms with E-state index >= 15 is 0 Å². The Labute approximate surface area is 216 Å². The van der Waals surface area contributed by atoms with Crippen LogP contribution in [0, 0.1) is 6.92 Å². The second-order valence-electron chi connectivity index (χ2n) is 9.17. The summed E-state index contributed by atoms with van der Waals surface area (Å²) in [6.07, 6.45) is 0. The molecule has 0 fully saturated rings. The van der Waals surface area contributed by atoms with Gasteiger partial charge in [-0.05, 0) is 53.4 Å². The predicted octanol–water partition coefficient (Wildman–Crippen LogP) is 5.69. The third kappa shape index (κ3) is 5.48. The summed E-state index contributed by atoms with van der Waals surface area (Å²) in [6, 6.07) is 28.7. The zero-order valence-corrected chi connectivity index (χ0v) is 20.6. The largest absolute Gasteiger partial charge is 0.490 e. The fraction of sp³-hybridized carbons (Fsp3) is 0.161. The number of ether oxygens (including phenoxy) is 1. The first-order valence-electron chi connectivity index (χ1n) is 12.2. The molecule has 2 N–H and O–H groups in total. The summed E-state index contributed by atoms with van der Waals surface area (Å²) in [4.78, 5) is 26.5. The number of benzene rings is 4. The molecule has 0 radical (unpaired) electrons. The van der Waals surface area contributed by atoms with Gasteiger partial charge in [-0.15, -0.1) is 0 Å². The highest BCUT2D eigenvalue weighted by atomic mass is 16.5. The van der Waals surface area contributed by atoms with Gasteiger partial charge in [0, 0.05) is 18.7 Å². The maximum atomic E-state index is 12.7. The zero-order valence-electron chi connectivity index (χ0n) is 20.6. The van der Waals surface area contributed by atoms with Crippen LogP contribution in [-0.2, 0) is 13.1 Å². The van der Waals surface area contributed by atoms with Crippen molar-refractivity contribution in [1.82, 2.24) is 5.32 Å². The van der Waals surface area contributed by atoms with Crippen LogP contribution in [0.4, 0.5) is 5.69 Å². The number of fused-ring (bicyclic) bond motifs is 1. The summed E-state index contributed by atoms with van der Waals surface area (Å²) in [5.41, 5.74) is 6.70. The van der Waals surface area contributed by atoms with Crippen LogP contribution in [0.5, 0.6) is 5.75 Å². The Morgan fingerprint density at radius 1 is 0.919 bits per heavy atom. The molecular formula is C31H28N2O4. The minimum atomic E-state index is -0.937. The Bertz CT molecular complexity index is 1430. The van der Waals surface area contributed by atoms with Crippen molar-refractivity contribution in [3.8, 4) is 16.9 Å². The van der Waals surface area contributed by atoms with Gasteiger partial charge in [0.25, 0.3) is 5.91 Å². The quantitative estimate of drug-likeness (QED) is 0.347. The van der Waals surface area contributed by atoms with Crippen LogP contribution >= 0.6 is 0 Å². The number of carboxylic acids is 1. The Hall–Kier alpha value is -4.58. The molecule has 0 saturated carbocycles. The summed E-state index contributed by atoms with van der Waals surface area (Å²) >= 11 is 0. The van der Waals surface area contributed by atoms with E-state index in [2.05, 4.69) is 10.2 Å². The average molecular weight is 493 g/mol. The minimum Gasteiger partial charge on any atom is -0.490 e. The van der Waals surface area contributed by atoms with Crippen molar-refractivity contribution in [3.05, 3.63) is 119 Å². The molecule has 1 aliphatic rings. The van der Waals surface area contributed by atoms with Gasteiger partial charge in [0.05, 0.1) is 17.8 Å². The van der Waals surface area contributed by atoms with Gasteiger partial charge in [0.2, 0.25) is 0 Å². The Balaban J connectivity index is 1.27. The highest BCUT2D eigenvalue weighted by molar-refractivity contribution is 5.96. The number of aryl methyl sites for hydroxylation is 1. The first-order chi connectivity index (χ1) is 18.0. The third-order valence-electron chi connectivity index (χ3n) is 6.55. The highest BCUT2D eigenvalue weighted by Gasteiger charge is 2.20. The van der Waals surface area contributed by atoms with E-state index in [9.17, 15) is 14.7 Å². The van der Waals surface area contributed by atoms with Crippen LogP contribution < -0.4 is 15.0 Å². The maximum absolute atomic E-state index is 12.7. The van der Waals surface area contributed by atoms with E-state index in [-0.39, 0.29) is 11.5 Å². The van der Waals surface area contributed by atoms with Crippen LogP contribution in [0.2, 0.25) is 0 Å². The van der Waals surface area contributed by atoms with Crippen molar-refractivity contribution in [3.63, 3.8) is 0 Å². The number of anilines is 1. The van der Waals surface area contributed by atoms with E-state index in [1.54, 1.807) is 18.2 Å². The number of hydrogen-bond acceptors (Lipinski definition) is 4. The minimum absolute atomic E-state index is 0.138. The number of nitrogens with zero attached hydrogens (tertiary/aromatic N) is 1. The summed E-state index contributed by atoms with van der Waals surface area (Å²) in [7, 11) is 0. The molecule has 1 amide bonds. The third-order valence-corrected chi connectivity index (χ3v) is 6.55. The van der Waals surface area contributed by atoms with E-state index in [4.69, 9.17) is 4.74 Å². The van der Waals surface area contributed by atoms with Crippen molar-refractivity contribution in [2.24, 2.45) is 0 Å². The molecule has 0 saturated heterocycles. The predicted molar refractivity (Wildman–Crippen MR) is 144 cm³/mol. The highest BCUT2D eigenvalue weighted by Crippen LogP contribution is 2.34. The number of amides is 1. The fourth-order valence-corrected chi connectivity index (χ4v) is 4.50. The summed E-state index contributed by atoms with van der Waals surface area (Å²) in [6.45, 7) is 4.45. The standard InChI is InChI=1S/C31H28N2O4/c1-21-6-8-22(9-7-21)19-32-30(34)25-14-15-28-29(18-25)37-17-16-33(28)20-23-10-12-24(13-11-23)26-4-2-3-5-27(26)31(35)36/h2-15,18H,16-17,19-20H2,1H3,(H,32,34)(H,35,36). The lowest BCUT2D eigenvalue weighted by atomic mass is 9.98. The smallest absolute Gasteiger partial charge is 0.336 e. The summed E-state index contributed by atoms with van der Waals surface area (Å²) in [5, 5.41) is 12.5. The number of carboxylic acid groups (broad SMARTS) is 1. The van der Waals surface area contributed by atoms with Crippen LogP contribution in [0.1, 0.15) is 37.4 Å². The molecule has 5 rings (SSSR count). The first kappa shape index (κ1) is 24.1. The zero-order chi connectivity index (χ0) is 25.8. The molecule has 0 aliphatic carbocycles. The van der Waals surface area contributed by atoms with E-state index < -0.39 is 5.97 Å². The Kier molecular flexibility index (Phi) is 6.90. The van der Waals surface area contributed by atoms with Crippen molar-refractivity contribution < 1.29 is 19.4 Å². The molecule has 0 atom stereocenters. The van der Waals surface area contributed by atoms with E-state index in [0.717, 1.165) is 28.9 Å². The maximum Gasteiger partial charge on any atom is 0.336 e. The van der Waals surface area contributed by atoms with Gasteiger partial charge in [-0.2, -0.15) is 0 Å². The lowest BCUT2D eigenvalue weighted by Crippen LogP contribution is -2.32. The van der Waals surface area contributed by atoms with Crippen LogP contribution in [-0.4, -0.2) is 30.1 Å². The molecule has 186 valence electrons. The van der Waals surface area contributed by atoms with E-state index in [1.165, 1.54) is 5.56 Å². The van der Waals surface area contributed by atoms with Gasteiger partial charge in [0.15, 0.2) is 0 Å². The first-order valence-corrected chi connectivity index (χ1v) is 12.2. The van der Waals surface area contributed by atoms with E-state index in [0.29, 0.717) is 36.6 Å². The number of carbonyl (C=O) groups excluding carboxylic acids is 1. The van der Waals surface area contributed by atoms with Crippen molar-refractivity contribution in [1.29, 1.82) is 0 Å². The Morgan fingerprint density at radius 3 is 2.41 bits per heavy atom. The van der Waals surface area contributed by atoms with Crippen molar-refractivity contribution >= 4 is 17.6 Å². The van der Waals surface area contributed by atoms with Crippen LogP contribution in [0.15, 0.2) is 91.0 Å². The van der Waals surface area contributed by atoms with Gasteiger partial charge >= 0.3 is 5.97 Å². The lowest BCUT2D eigenvalue weighted by Gasteiger charge is -2.31.